The van der Waals surface area contributed by atoms with Gasteiger partial charge in [0.05, 0.1) is 6.10 Å². The van der Waals surface area contributed by atoms with Crippen molar-refractivity contribution in [3.05, 3.63) is 12.1 Å². The van der Waals surface area contributed by atoms with E-state index in [9.17, 15) is 0 Å². The number of anilines is 2. The van der Waals surface area contributed by atoms with Gasteiger partial charge in [0, 0.05) is 18.5 Å². The van der Waals surface area contributed by atoms with Crippen LogP contribution in [0.3, 0.4) is 0 Å². The zero-order chi connectivity index (χ0) is 19.3. The summed E-state index contributed by atoms with van der Waals surface area (Å²) in [5, 5.41) is 0.810. The SMILES string of the molecule is CC1(C)CN(c2ccc3nc(N)sc3n2)CCC1O[Si](C)(C)C(C)(C)C. The highest BCUT2D eigenvalue weighted by Gasteiger charge is 2.45. The monoisotopic (exact) mass is 392 g/mol. The van der Waals surface area contributed by atoms with E-state index in [4.69, 9.17) is 15.1 Å². The Morgan fingerprint density at radius 3 is 2.58 bits per heavy atom. The van der Waals surface area contributed by atoms with Crippen molar-refractivity contribution in [2.24, 2.45) is 5.41 Å². The zero-order valence-electron chi connectivity index (χ0n) is 17.1. The van der Waals surface area contributed by atoms with Gasteiger partial charge in [-0.05, 0) is 36.7 Å². The molecule has 3 rings (SSSR count). The van der Waals surface area contributed by atoms with Crippen molar-refractivity contribution in [2.45, 2.75) is 65.3 Å². The maximum atomic E-state index is 6.78. The van der Waals surface area contributed by atoms with Crippen molar-refractivity contribution in [1.29, 1.82) is 0 Å². The molecular formula is C19H32N4OSSi. The average Bonchev–Trinajstić information content (AvgIpc) is 2.86. The molecule has 1 atom stereocenters. The fourth-order valence-corrected chi connectivity index (χ4v) is 5.48. The molecule has 0 bridgehead atoms. The van der Waals surface area contributed by atoms with E-state index in [1.54, 1.807) is 0 Å². The van der Waals surface area contributed by atoms with Crippen LogP contribution in [0, 0.1) is 5.41 Å². The van der Waals surface area contributed by atoms with E-state index in [1.165, 1.54) is 11.3 Å². The second-order valence-corrected chi connectivity index (χ2v) is 15.4. The zero-order valence-corrected chi connectivity index (χ0v) is 18.9. The van der Waals surface area contributed by atoms with Gasteiger partial charge in [0.1, 0.15) is 16.2 Å². The van der Waals surface area contributed by atoms with Crippen molar-refractivity contribution in [2.75, 3.05) is 23.7 Å². The summed E-state index contributed by atoms with van der Waals surface area (Å²) in [4.78, 5) is 12.4. The average molecular weight is 393 g/mol. The van der Waals surface area contributed by atoms with Crippen LogP contribution in [0.5, 0.6) is 0 Å². The second-order valence-electron chi connectivity index (χ2n) is 9.61. The molecule has 0 spiro atoms. The Hall–Kier alpha value is -1.18. The molecule has 7 heteroatoms. The Balaban J connectivity index is 1.77. The summed E-state index contributed by atoms with van der Waals surface area (Å²) < 4.78 is 6.78. The summed E-state index contributed by atoms with van der Waals surface area (Å²) in [6.45, 7) is 18.2. The number of nitrogen functional groups attached to an aromatic ring is 1. The third-order valence-corrected chi connectivity index (χ3v) is 11.2. The maximum absolute atomic E-state index is 6.78. The van der Waals surface area contributed by atoms with Gasteiger partial charge in [-0.15, -0.1) is 0 Å². The van der Waals surface area contributed by atoms with E-state index in [0.717, 1.165) is 35.7 Å². The van der Waals surface area contributed by atoms with Gasteiger partial charge in [-0.3, -0.25) is 0 Å². The molecule has 3 heterocycles. The van der Waals surface area contributed by atoms with Gasteiger partial charge in [-0.25, -0.2) is 9.97 Å². The minimum absolute atomic E-state index is 0.0805. The van der Waals surface area contributed by atoms with Crippen molar-refractivity contribution in [1.82, 2.24) is 9.97 Å². The van der Waals surface area contributed by atoms with Crippen LogP contribution >= 0.6 is 11.3 Å². The van der Waals surface area contributed by atoms with Gasteiger partial charge in [0.25, 0.3) is 0 Å². The molecule has 5 nitrogen and oxygen atoms in total. The van der Waals surface area contributed by atoms with Gasteiger partial charge < -0.3 is 15.1 Å². The quantitative estimate of drug-likeness (QED) is 0.753. The molecule has 1 aliphatic rings. The van der Waals surface area contributed by atoms with Gasteiger partial charge in [0.2, 0.25) is 0 Å². The number of aromatic nitrogens is 2. The largest absolute Gasteiger partial charge is 0.413 e. The molecule has 0 radical (unpaired) electrons. The Labute approximate surface area is 162 Å². The van der Waals surface area contributed by atoms with E-state index in [1.807, 2.05) is 6.07 Å². The first-order chi connectivity index (χ1) is 11.9. The highest BCUT2D eigenvalue weighted by Crippen LogP contribution is 2.42. The fourth-order valence-electron chi connectivity index (χ4n) is 3.28. The molecule has 0 aliphatic carbocycles. The topological polar surface area (TPSA) is 64.3 Å². The summed E-state index contributed by atoms with van der Waals surface area (Å²) in [5.74, 6) is 1.01. The van der Waals surface area contributed by atoms with Crippen LogP contribution in [0.4, 0.5) is 10.9 Å². The summed E-state index contributed by atoms with van der Waals surface area (Å²) in [5.41, 5.74) is 6.78. The number of hydrogen-bond donors (Lipinski definition) is 1. The van der Waals surface area contributed by atoms with Gasteiger partial charge in [-0.2, -0.15) is 0 Å². The summed E-state index contributed by atoms with van der Waals surface area (Å²) in [6, 6.07) is 4.09. The molecule has 1 unspecified atom stereocenters. The number of fused-ring (bicyclic) bond motifs is 1. The van der Waals surface area contributed by atoms with Crippen molar-refractivity contribution in [3.63, 3.8) is 0 Å². The predicted octanol–water partition coefficient (Wildman–Crippen LogP) is 4.90. The van der Waals surface area contributed by atoms with Crippen LogP contribution in [0.25, 0.3) is 10.3 Å². The smallest absolute Gasteiger partial charge is 0.192 e. The number of hydrogen-bond acceptors (Lipinski definition) is 6. The van der Waals surface area contributed by atoms with Gasteiger partial charge >= 0.3 is 0 Å². The minimum atomic E-state index is -1.77. The number of rotatable bonds is 3. The highest BCUT2D eigenvalue weighted by molar-refractivity contribution is 7.21. The predicted molar refractivity (Wildman–Crippen MR) is 115 cm³/mol. The molecule has 0 amide bonds. The van der Waals surface area contributed by atoms with Gasteiger partial charge in [0.15, 0.2) is 13.4 Å². The highest BCUT2D eigenvalue weighted by atomic mass is 32.1. The maximum Gasteiger partial charge on any atom is 0.192 e. The van der Waals surface area contributed by atoms with Crippen molar-refractivity contribution >= 4 is 41.0 Å². The third-order valence-electron chi connectivity index (χ3n) is 5.96. The second kappa shape index (κ2) is 6.46. The summed E-state index contributed by atoms with van der Waals surface area (Å²) >= 11 is 1.45. The number of nitrogens with zero attached hydrogens (tertiary/aromatic N) is 3. The van der Waals surface area contributed by atoms with E-state index < -0.39 is 8.32 Å². The minimum Gasteiger partial charge on any atom is -0.413 e. The summed E-state index contributed by atoms with van der Waals surface area (Å²) in [7, 11) is -1.77. The first-order valence-corrected chi connectivity index (χ1v) is 13.1. The van der Waals surface area contributed by atoms with Crippen LogP contribution < -0.4 is 10.6 Å². The Kier molecular flexibility index (Phi) is 4.86. The molecule has 1 saturated heterocycles. The molecule has 0 saturated carbocycles. The first-order valence-electron chi connectivity index (χ1n) is 9.35. The van der Waals surface area contributed by atoms with E-state index >= 15 is 0 Å². The Morgan fingerprint density at radius 2 is 1.96 bits per heavy atom. The molecule has 2 aromatic rings. The number of piperidine rings is 1. The lowest BCUT2D eigenvalue weighted by Gasteiger charge is -2.49. The standard InChI is InChI=1S/C19H32N4OSSi/c1-18(2,3)26(6,7)24-14-10-11-23(12-19(14,4)5)15-9-8-13-16(22-15)25-17(20)21-13/h8-9,14H,10-12H2,1-7H3,(H2,20,21). The van der Waals surface area contributed by atoms with Crippen molar-refractivity contribution in [3.8, 4) is 0 Å². The lowest BCUT2D eigenvalue weighted by molar-refractivity contribution is 0.0431. The molecule has 2 aromatic heterocycles. The van der Waals surface area contributed by atoms with Crippen LogP contribution in [0.15, 0.2) is 12.1 Å². The van der Waals surface area contributed by atoms with E-state index in [2.05, 4.69) is 63.7 Å². The third kappa shape index (κ3) is 3.75. The molecule has 1 fully saturated rings. The molecule has 1 aliphatic heterocycles. The molecule has 26 heavy (non-hydrogen) atoms. The molecular weight excluding hydrogens is 360 g/mol. The number of thiazole rings is 1. The normalized spacial score (nSPS) is 21.3. The molecule has 2 N–H and O–H groups in total. The first kappa shape index (κ1) is 19.6. The lowest BCUT2D eigenvalue weighted by Crippen LogP contribution is -2.55. The van der Waals surface area contributed by atoms with Crippen LogP contribution in [0.1, 0.15) is 41.0 Å². The van der Waals surface area contributed by atoms with Crippen LogP contribution in [0.2, 0.25) is 18.1 Å². The van der Waals surface area contributed by atoms with E-state index in [-0.39, 0.29) is 10.5 Å². The molecule has 144 valence electrons. The van der Waals surface area contributed by atoms with Crippen LogP contribution in [-0.4, -0.2) is 37.5 Å². The number of pyridine rings is 1. The molecule has 0 aromatic carbocycles. The summed E-state index contributed by atoms with van der Waals surface area (Å²) in [6.07, 6.45) is 1.33. The van der Waals surface area contributed by atoms with E-state index in [0.29, 0.717) is 11.2 Å². The van der Waals surface area contributed by atoms with Gasteiger partial charge in [-0.1, -0.05) is 46.0 Å². The fraction of sp³-hybridized carbons (Fsp3) is 0.684. The van der Waals surface area contributed by atoms with Crippen molar-refractivity contribution < 1.29 is 4.43 Å². The lowest BCUT2D eigenvalue weighted by atomic mass is 9.81. The Morgan fingerprint density at radius 1 is 1.27 bits per heavy atom. The Bertz CT molecular complexity index is 796. The number of nitrogens with two attached hydrogens (primary N) is 1. The van der Waals surface area contributed by atoms with Crippen LogP contribution in [-0.2, 0) is 4.43 Å².